The summed E-state index contributed by atoms with van der Waals surface area (Å²) in [6.45, 7) is 3.77. The molecule has 2 aromatic heterocycles. The minimum Gasteiger partial charge on any atom is -0.493 e. The molecule has 0 aliphatic heterocycles. The van der Waals surface area contributed by atoms with Gasteiger partial charge in [0, 0.05) is 12.6 Å². The number of ether oxygens (including phenoxy) is 2. The second kappa shape index (κ2) is 10.5. The second-order valence-electron chi connectivity index (χ2n) is 8.76. The first-order valence-electron chi connectivity index (χ1n) is 11.5. The van der Waals surface area contributed by atoms with Crippen LogP contribution in [0.25, 0.3) is 11.2 Å². The lowest BCUT2D eigenvalue weighted by Crippen LogP contribution is -2.24. The first-order chi connectivity index (χ1) is 18.0. The molecule has 38 heavy (non-hydrogen) atoms. The number of benzene rings is 2. The Morgan fingerprint density at radius 1 is 1.05 bits per heavy atom. The molecule has 4 rings (SSSR count). The molecule has 2 heterocycles. The topological polar surface area (TPSA) is 108 Å². The zero-order chi connectivity index (χ0) is 27.6. The number of anilines is 1. The molecule has 0 N–H and O–H groups in total. The molecule has 10 nitrogen and oxygen atoms in total. The number of fused-ring (bicyclic) bond motifs is 1. The monoisotopic (exact) mass is 530 g/mol. The van der Waals surface area contributed by atoms with Crippen molar-refractivity contribution >= 4 is 22.7 Å². The largest absolute Gasteiger partial charge is 0.493 e. The highest BCUT2D eigenvalue weighted by atomic mass is 19.4. The van der Waals surface area contributed by atoms with Gasteiger partial charge in [0.05, 0.1) is 49.2 Å². The number of hydrogen-bond acceptors (Lipinski definition) is 8. The van der Waals surface area contributed by atoms with Gasteiger partial charge in [0.15, 0.2) is 28.5 Å². The summed E-state index contributed by atoms with van der Waals surface area (Å²) in [4.78, 5) is 26.2. The Morgan fingerprint density at radius 2 is 1.76 bits per heavy atom. The lowest BCUT2D eigenvalue weighted by molar-refractivity contribution is -0.385. The van der Waals surface area contributed by atoms with Crippen molar-refractivity contribution in [1.82, 2.24) is 19.5 Å². The average Bonchev–Trinajstić information content (AvgIpc) is 3.32. The van der Waals surface area contributed by atoms with Crippen molar-refractivity contribution in [3.8, 4) is 11.5 Å². The fourth-order valence-electron chi connectivity index (χ4n) is 4.13. The molecule has 0 atom stereocenters. The standard InChI is InChI=1S/C25H25F3N6O4/c1-15(2)33-14-31-22-23(29-13-30-24(22)33)32(11-16-6-5-7-18(8-16)25(26,27)28)12-17-9-20(37-3)21(38-4)10-19(17)34(35)36/h5-10,13-15H,11-12H2,1-4H3. The van der Waals surface area contributed by atoms with E-state index >= 15 is 0 Å². The summed E-state index contributed by atoms with van der Waals surface area (Å²) in [5.74, 6) is 0.757. The molecular weight excluding hydrogens is 505 g/mol. The van der Waals surface area contributed by atoms with E-state index in [1.54, 1.807) is 17.3 Å². The first kappa shape index (κ1) is 26.6. The first-order valence-corrected chi connectivity index (χ1v) is 11.5. The molecule has 0 saturated carbocycles. The van der Waals surface area contributed by atoms with Gasteiger partial charge in [-0.3, -0.25) is 10.1 Å². The van der Waals surface area contributed by atoms with Gasteiger partial charge in [-0.15, -0.1) is 0 Å². The number of rotatable bonds is 9. The van der Waals surface area contributed by atoms with Crippen LogP contribution in [0.5, 0.6) is 11.5 Å². The molecule has 13 heteroatoms. The lowest BCUT2D eigenvalue weighted by Gasteiger charge is -2.25. The summed E-state index contributed by atoms with van der Waals surface area (Å²) in [7, 11) is 2.77. The van der Waals surface area contributed by atoms with E-state index in [1.807, 2.05) is 18.4 Å². The maximum atomic E-state index is 13.4. The zero-order valence-electron chi connectivity index (χ0n) is 21.1. The smallest absolute Gasteiger partial charge is 0.416 e. The molecule has 0 bridgehead atoms. The quantitative estimate of drug-likeness (QED) is 0.205. The summed E-state index contributed by atoms with van der Waals surface area (Å²) in [6, 6.07) is 7.66. The van der Waals surface area contributed by atoms with Crippen LogP contribution in [0.1, 0.15) is 36.6 Å². The van der Waals surface area contributed by atoms with Crippen molar-refractivity contribution < 1.29 is 27.6 Å². The summed E-state index contributed by atoms with van der Waals surface area (Å²) >= 11 is 0. The number of nitrogens with zero attached hydrogens (tertiary/aromatic N) is 6. The molecule has 0 amide bonds. The third-order valence-corrected chi connectivity index (χ3v) is 5.97. The number of hydrogen-bond donors (Lipinski definition) is 0. The number of alkyl halides is 3. The van der Waals surface area contributed by atoms with Crippen molar-refractivity contribution in [3.63, 3.8) is 0 Å². The highest BCUT2D eigenvalue weighted by Crippen LogP contribution is 2.37. The molecule has 0 aliphatic carbocycles. The van der Waals surface area contributed by atoms with E-state index < -0.39 is 16.7 Å². The van der Waals surface area contributed by atoms with Gasteiger partial charge in [0.1, 0.15) is 6.33 Å². The van der Waals surface area contributed by atoms with Crippen LogP contribution in [0.15, 0.2) is 49.1 Å². The molecule has 0 unspecified atom stereocenters. The normalized spacial score (nSPS) is 11.7. The molecule has 0 spiro atoms. The minimum absolute atomic E-state index is 0.0339. The predicted molar refractivity (Wildman–Crippen MR) is 133 cm³/mol. The van der Waals surface area contributed by atoms with E-state index in [2.05, 4.69) is 15.0 Å². The van der Waals surface area contributed by atoms with Gasteiger partial charge in [0.2, 0.25) is 0 Å². The molecular formula is C25H25F3N6O4. The zero-order valence-corrected chi connectivity index (χ0v) is 21.1. The highest BCUT2D eigenvalue weighted by Gasteiger charge is 2.31. The molecule has 0 fully saturated rings. The number of imidazole rings is 1. The van der Waals surface area contributed by atoms with Gasteiger partial charge >= 0.3 is 6.18 Å². The second-order valence-corrected chi connectivity index (χ2v) is 8.76. The summed E-state index contributed by atoms with van der Waals surface area (Å²) in [5.41, 5.74) is 0.475. The average molecular weight is 531 g/mol. The van der Waals surface area contributed by atoms with Gasteiger partial charge in [-0.1, -0.05) is 12.1 Å². The number of nitro benzene ring substituents is 1. The van der Waals surface area contributed by atoms with Crippen LogP contribution in [0, 0.1) is 10.1 Å². The number of nitro groups is 1. The fraction of sp³-hybridized carbons (Fsp3) is 0.320. The molecule has 2 aromatic carbocycles. The fourth-order valence-corrected chi connectivity index (χ4v) is 4.13. The van der Waals surface area contributed by atoms with E-state index in [1.165, 1.54) is 38.7 Å². The van der Waals surface area contributed by atoms with E-state index in [0.717, 1.165) is 12.1 Å². The predicted octanol–water partition coefficient (Wildman–Crippen LogP) is 5.56. The lowest BCUT2D eigenvalue weighted by atomic mass is 10.1. The van der Waals surface area contributed by atoms with Gasteiger partial charge in [-0.2, -0.15) is 13.2 Å². The minimum atomic E-state index is -4.53. The van der Waals surface area contributed by atoms with Crippen LogP contribution >= 0.6 is 0 Å². The Kier molecular flexibility index (Phi) is 7.37. The maximum absolute atomic E-state index is 13.4. The Morgan fingerprint density at radius 3 is 2.39 bits per heavy atom. The molecule has 0 radical (unpaired) electrons. The highest BCUT2D eigenvalue weighted by molar-refractivity contribution is 5.83. The van der Waals surface area contributed by atoms with Gasteiger partial charge < -0.3 is 18.9 Å². The Balaban J connectivity index is 1.87. The number of halogens is 3. The van der Waals surface area contributed by atoms with Gasteiger partial charge in [-0.05, 0) is 37.6 Å². The van der Waals surface area contributed by atoms with Crippen LogP contribution in [0.3, 0.4) is 0 Å². The Bertz CT molecular complexity index is 1470. The van der Waals surface area contributed by atoms with Crippen molar-refractivity contribution in [2.45, 2.75) is 39.2 Å². The van der Waals surface area contributed by atoms with E-state index in [9.17, 15) is 23.3 Å². The van der Waals surface area contributed by atoms with Crippen LogP contribution in [0.4, 0.5) is 24.7 Å². The van der Waals surface area contributed by atoms with Crippen LogP contribution < -0.4 is 14.4 Å². The Labute approximate surface area is 215 Å². The molecule has 0 aliphatic rings. The van der Waals surface area contributed by atoms with Gasteiger partial charge in [-0.25, -0.2) is 15.0 Å². The van der Waals surface area contributed by atoms with Gasteiger partial charge in [0.25, 0.3) is 5.69 Å². The number of aromatic nitrogens is 4. The third kappa shape index (κ3) is 5.31. The summed E-state index contributed by atoms with van der Waals surface area (Å²) in [6.07, 6.45) is -1.59. The third-order valence-electron chi connectivity index (χ3n) is 5.97. The van der Waals surface area contributed by atoms with E-state index in [0.29, 0.717) is 22.5 Å². The van der Waals surface area contributed by atoms with Crippen molar-refractivity contribution in [2.75, 3.05) is 19.1 Å². The summed E-state index contributed by atoms with van der Waals surface area (Å²) < 4.78 is 52.6. The van der Waals surface area contributed by atoms with Crippen LogP contribution in [0.2, 0.25) is 0 Å². The SMILES string of the molecule is COc1cc(CN(Cc2cccc(C(F)(F)F)c2)c2ncnc3c2ncn3C(C)C)c([N+](=O)[O-])cc1OC. The maximum Gasteiger partial charge on any atom is 0.416 e. The van der Waals surface area contributed by atoms with Crippen LogP contribution in [-0.4, -0.2) is 38.7 Å². The summed E-state index contributed by atoms with van der Waals surface area (Å²) in [5, 5.41) is 11.9. The van der Waals surface area contributed by atoms with Crippen molar-refractivity contribution in [2.24, 2.45) is 0 Å². The Hall–Kier alpha value is -4.42. The van der Waals surface area contributed by atoms with Crippen molar-refractivity contribution in [1.29, 1.82) is 0 Å². The van der Waals surface area contributed by atoms with Crippen LogP contribution in [-0.2, 0) is 19.3 Å². The molecule has 4 aromatic rings. The molecule has 200 valence electrons. The van der Waals surface area contributed by atoms with E-state index in [4.69, 9.17) is 9.47 Å². The molecule has 0 saturated heterocycles. The number of methoxy groups -OCH3 is 2. The van der Waals surface area contributed by atoms with E-state index in [-0.39, 0.29) is 41.9 Å². The van der Waals surface area contributed by atoms with Crippen molar-refractivity contribution in [3.05, 3.63) is 75.9 Å².